The van der Waals surface area contributed by atoms with Crippen LogP contribution in [0.2, 0.25) is 0 Å². The van der Waals surface area contributed by atoms with Gasteiger partial charge in [-0.15, -0.1) is 0 Å². The van der Waals surface area contributed by atoms with E-state index >= 15 is 0 Å². The Morgan fingerprint density at radius 1 is 1.38 bits per heavy atom. The number of hydrogen-bond acceptors (Lipinski definition) is 2. The zero-order chi connectivity index (χ0) is 11.4. The molecule has 1 saturated heterocycles. The third-order valence-corrected chi connectivity index (χ3v) is 4.59. The number of nitrogens with one attached hydrogen (secondary N) is 1. The molecule has 1 N–H and O–H groups in total. The molecule has 0 atom stereocenters. The van der Waals surface area contributed by atoms with E-state index in [1.807, 2.05) is 11.8 Å². The predicted octanol–water partition coefficient (Wildman–Crippen LogP) is 3.43. The molecule has 1 aliphatic carbocycles. The number of nitrogens with zero attached hydrogens (tertiary/aromatic N) is 1. The summed E-state index contributed by atoms with van der Waals surface area (Å²) >= 11 is 1.89. The lowest BCUT2D eigenvalue weighted by atomic mass is 10.0. The summed E-state index contributed by atoms with van der Waals surface area (Å²) in [6, 6.07) is 0. The molecule has 0 bridgehead atoms. The minimum absolute atomic E-state index is 0.247. The molecule has 2 nitrogen and oxygen atoms in total. The number of hydrogen-bond donors (Lipinski definition) is 1. The predicted molar refractivity (Wildman–Crippen MR) is 73.2 cm³/mol. The minimum Gasteiger partial charge on any atom is -0.360 e. The Morgan fingerprint density at radius 2 is 2.12 bits per heavy atom. The summed E-state index contributed by atoms with van der Waals surface area (Å²) in [5.41, 5.74) is 0.247. The van der Waals surface area contributed by atoms with Crippen molar-refractivity contribution in [3.63, 3.8) is 0 Å². The van der Waals surface area contributed by atoms with E-state index in [0.29, 0.717) is 0 Å². The highest BCUT2D eigenvalue weighted by atomic mass is 32.2. The van der Waals surface area contributed by atoms with Crippen LogP contribution in [-0.4, -0.2) is 23.0 Å². The van der Waals surface area contributed by atoms with E-state index in [1.165, 1.54) is 49.4 Å². The Labute approximate surface area is 104 Å². The number of aliphatic imine (C=N–C) groups is 1. The largest absolute Gasteiger partial charge is 0.360 e. The zero-order valence-electron chi connectivity index (χ0n) is 10.6. The molecule has 0 aromatic heterocycles. The van der Waals surface area contributed by atoms with Crippen molar-refractivity contribution in [1.29, 1.82) is 0 Å². The third-order valence-electron chi connectivity index (χ3n) is 3.68. The molecule has 2 aliphatic rings. The lowest BCUT2D eigenvalue weighted by molar-refractivity contribution is 0.445. The second-order valence-corrected chi connectivity index (χ2v) is 6.82. The molecule has 3 heteroatoms. The van der Waals surface area contributed by atoms with E-state index in [1.54, 1.807) is 0 Å². The smallest absolute Gasteiger partial charge is 0.156 e. The summed E-state index contributed by atoms with van der Waals surface area (Å²) in [5.74, 6) is 2.17. The molecule has 0 radical (unpaired) electrons. The van der Waals surface area contributed by atoms with E-state index in [-0.39, 0.29) is 5.54 Å². The van der Waals surface area contributed by atoms with Crippen LogP contribution in [0.1, 0.15) is 52.4 Å². The molecular formula is C13H24N2S. The standard InChI is InChI=1S/C13H24N2S/c1-13(2)8-10-16-12(15-13)14-9-7-11-5-3-4-6-11/h11H,3-10H2,1-2H3,(H,14,15). The highest BCUT2D eigenvalue weighted by molar-refractivity contribution is 8.13. The van der Waals surface area contributed by atoms with Gasteiger partial charge in [0, 0.05) is 17.8 Å². The lowest BCUT2D eigenvalue weighted by Crippen LogP contribution is -2.46. The van der Waals surface area contributed by atoms with Crippen molar-refractivity contribution in [3.05, 3.63) is 0 Å². The first-order chi connectivity index (χ1) is 7.66. The molecule has 92 valence electrons. The fourth-order valence-corrected chi connectivity index (χ4v) is 3.86. The summed E-state index contributed by atoms with van der Waals surface area (Å²) < 4.78 is 0. The monoisotopic (exact) mass is 240 g/mol. The average Bonchev–Trinajstić information content (AvgIpc) is 2.69. The molecule has 0 amide bonds. The molecule has 2 fully saturated rings. The van der Waals surface area contributed by atoms with Gasteiger partial charge >= 0.3 is 0 Å². The second kappa shape index (κ2) is 5.44. The fourth-order valence-electron chi connectivity index (χ4n) is 2.52. The lowest BCUT2D eigenvalue weighted by Gasteiger charge is -2.32. The average molecular weight is 240 g/mol. The summed E-state index contributed by atoms with van der Waals surface area (Å²) in [5, 5.41) is 4.71. The van der Waals surface area contributed by atoms with Crippen LogP contribution in [0.4, 0.5) is 0 Å². The molecule has 0 aromatic carbocycles. The molecule has 1 heterocycles. The van der Waals surface area contributed by atoms with Crippen LogP contribution >= 0.6 is 11.8 Å². The topological polar surface area (TPSA) is 24.4 Å². The van der Waals surface area contributed by atoms with Gasteiger partial charge in [-0.3, -0.25) is 4.99 Å². The van der Waals surface area contributed by atoms with Crippen molar-refractivity contribution in [1.82, 2.24) is 5.32 Å². The van der Waals surface area contributed by atoms with Crippen molar-refractivity contribution in [2.24, 2.45) is 10.9 Å². The normalized spacial score (nSPS) is 28.2. The second-order valence-electron chi connectivity index (χ2n) is 5.73. The molecule has 1 aliphatic heterocycles. The van der Waals surface area contributed by atoms with Gasteiger partial charge in [0.1, 0.15) is 0 Å². The Hall–Kier alpha value is -0.180. The number of thioether (sulfide) groups is 1. The molecule has 0 spiro atoms. The molecule has 0 aromatic rings. The highest BCUT2D eigenvalue weighted by Crippen LogP contribution is 2.27. The Bertz CT molecular complexity index is 255. The maximum absolute atomic E-state index is 4.71. The van der Waals surface area contributed by atoms with Crippen molar-refractivity contribution in [2.75, 3.05) is 12.3 Å². The van der Waals surface area contributed by atoms with Crippen LogP contribution in [0.3, 0.4) is 0 Å². The van der Waals surface area contributed by atoms with Crippen LogP contribution in [0.5, 0.6) is 0 Å². The van der Waals surface area contributed by atoms with E-state index in [0.717, 1.165) is 12.5 Å². The van der Waals surface area contributed by atoms with E-state index < -0.39 is 0 Å². The number of amidine groups is 1. The molecule has 2 rings (SSSR count). The zero-order valence-corrected chi connectivity index (χ0v) is 11.4. The summed E-state index contributed by atoms with van der Waals surface area (Å²) in [6.45, 7) is 5.55. The highest BCUT2D eigenvalue weighted by Gasteiger charge is 2.24. The van der Waals surface area contributed by atoms with Crippen molar-refractivity contribution < 1.29 is 0 Å². The first-order valence-electron chi connectivity index (χ1n) is 6.61. The Kier molecular flexibility index (Phi) is 4.17. The van der Waals surface area contributed by atoms with Gasteiger partial charge in [0.15, 0.2) is 5.17 Å². The maximum atomic E-state index is 4.71. The van der Waals surface area contributed by atoms with Crippen LogP contribution in [0, 0.1) is 5.92 Å². The van der Waals surface area contributed by atoms with Crippen LogP contribution in [0.15, 0.2) is 4.99 Å². The van der Waals surface area contributed by atoms with Gasteiger partial charge in [-0.25, -0.2) is 0 Å². The van der Waals surface area contributed by atoms with Gasteiger partial charge in [0.25, 0.3) is 0 Å². The quantitative estimate of drug-likeness (QED) is 0.817. The van der Waals surface area contributed by atoms with Crippen molar-refractivity contribution in [2.45, 2.75) is 57.9 Å². The van der Waals surface area contributed by atoms with Crippen molar-refractivity contribution >= 4 is 16.9 Å². The number of rotatable bonds is 3. The summed E-state index contributed by atoms with van der Waals surface area (Å²) in [7, 11) is 0. The van der Waals surface area contributed by atoms with E-state index in [9.17, 15) is 0 Å². The summed E-state index contributed by atoms with van der Waals surface area (Å²) in [4.78, 5) is 4.71. The fraction of sp³-hybridized carbons (Fsp3) is 0.923. The minimum atomic E-state index is 0.247. The van der Waals surface area contributed by atoms with Crippen LogP contribution < -0.4 is 5.32 Å². The van der Waals surface area contributed by atoms with E-state index in [4.69, 9.17) is 4.99 Å². The van der Waals surface area contributed by atoms with E-state index in [2.05, 4.69) is 19.2 Å². The van der Waals surface area contributed by atoms with Crippen molar-refractivity contribution in [3.8, 4) is 0 Å². The van der Waals surface area contributed by atoms with Crippen LogP contribution in [0.25, 0.3) is 0 Å². The van der Waals surface area contributed by atoms with Crippen LogP contribution in [-0.2, 0) is 0 Å². The van der Waals surface area contributed by atoms with Gasteiger partial charge in [-0.1, -0.05) is 37.4 Å². The molecule has 16 heavy (non-hydrogen) atoms. The van der Waals surface area contributed by atoms with Gasteiger partial charge < -0.3 is 5.32 Å². The van der Waals surface area contributed by atoms with Gasteiger partial charge in [0.05, 0.1) is 0 Å². The SMILES string of the molecule is CC1(C)CCSC(=NCCC2CCCC2)N1. The first kappa shape index (κ1) is 12.3. The Morgan fingerprint density at radius 3 is 2.81 bits per heavy atom. The first-order valence-corrected chi connectivity index (χ1v) is 7.60. The summed E-state index contributed by atoms with van der Waals surface area (Å²) in [6.07, 6.45) is 8.31. The third kappa shape index (κ3) is 3.69. The molecular weight excluding hydrogens is 216 g/mol. The van der Waals surface area contributed by atoms with Gasteiger partial charge in [-0.2, -0.15) is 0 Å². The molecule has 1 saturated carbocycles. The Balaban J connectivity index is 1.73. The molecule has 0 unspecified atom stereocenters. The van der Waals surface area contributed by atoms with Gasteiger partial charge in [0.2, 0.25) is 0 Å². The van der Waals surface area contributed by atoms with Gasteiger partial charge in [-0.05, 0) is 32.6 Å². The maximum Gasteiger partial charge on any atom is 0.156 e.